The van der Waals surface area contributed by atoms with Gasteiger partial charge in [0.1, 0.15) is 11.5 Å². The van der Waals surface area contributed by atoms with Crippen LogP contribution in [-0.4, -0.2) is 12.1 Å². The summed E-state index contributed by atoms with van der Waals surface area (Å²) in [6.07, 6.45) is 1.60. The van der Waals surface area contributed by atoms with Gasteiger partial charge in [0.2, 0.25) is 0 Å². The smallest absolute Gasteiger partial charge is 0.275 e. The van der Waals surface area contributed by atoms with Gasteiger partial charge in [0.15, 0.2) is 0 Å². The van der Waals surface area contributed by atoms with Crippen molar-refractivity contribution >= 4 is 12.1 Å². The molecule has 0 atom stereocenters. The van der Waals surface area contributed by atoms with Crippen LogP contribution in [0.25, 0.3) is 0 Å². The van der Waals surface area contributed by atoms with Crippen molar-refractivity contribution in [1.82, 2.24) is 5.43 Å². The minimum Gasteiger partial charge on any atom is -0.457 e. The zero-order valence-electron chi connectivity index (χ0n) is 12.9. The summed E-state index contributed by atoms with van der Waals surface area (Å²) in [5.41, 5.74) is 3.86. The molecule has 0 aliphatic rings. The van der Waals surface area contributed by atoms with Gasteiger partial charge >= 0.3 is 0 Å². The van der Waals surface area contributed by atoms with Gasteiger partial charge in [-0.3, -0.25) is 4.79 Å². The molecule has 0 saturated heterocycles. The molecule has 0 aliphatic carbocycles. The van der Waals surface area contributed by atoms with E-state index < -0.39 is 0 Å². The standard InChI is InChI=1S/C20H16N2O2/c23-20(22-21-15-16-9-3-1-4-10-16)18-13-7-8-14-19(18)24-17-11-5-2-6-12-17/h1-15H,(H,22,23)/b21-15+. The summed E-state index contributed by atoms with van der Waals surface area (Å²) in [5.74, 6) is 0.829. The van der Waals surface area contributed by atoms with Crippen molar-refractivity contribution in [3.8, 4) is 11.5 Å². The molecule has 1 N–H and O–H groups in total. The Labute approximate surface area is 140 Å². The van der Waals surface area contributed by atoms with E-state index >= 15 is 0 Å². The third kappa shape index (κ3) is 4.08. The Kier molecular flexibility index (Phi) is 5.00. The lowest BCUT2D eigenvalue weighted by molar-refractivity contribution is 0.0953. The van der Waals surface area contributed by atoms with Crippen LogP contribution in [-0.2, 0) is 0 Å². The summed E-state index contributed by atoms with van der Waals surface area (Å²) in [4.78, 5) is 12.3. The summed E-state index contributed by atoms with van der Waals surface area (Å²) in [5, 5.41) is 3.99. The molecule has 3 rings (SSSR count). The molecule has 0 aromatic heterocycles. The van der Waals surface area contributed by atoms with E-state index in [4.69, 9.17) is 4.74 Å². The van der Waals surface area contributed by atoms with Crippen LogP contribution < -0.4 is 10.2 Å². The lowest BCUT2D eigenvalue weighted by Gasteiger charge is -2.09. The van der Waals surface area contributed by atoms with Crippen LogP contribution in [0.4, 0.5) is 0 Å². The van der Waals surface area contributed by atoms with Crippen LogP contribution in [0, 0.1) is 0 Å². The number of hydrogen-bond acceptors (Lipinski definition) is 3. The second-order valence-corrected chi connectivity index (χ2v) is 5.02. The molecule has 118 valence electrons. The minimum atomic E-state index is -0.325. The molecule has 0 spiro atoms. The number of rotatable bonds is 5. The third-order valence-electron chi connectivity index (χ3n) is 3.28. The summed E-state index contributed by atoms with van der Waals surface area (Å²) in [6, 6.07) is 25.9. The van der Waals surface area contributed by atoms with E-state index in [1.165, 1.54) is 0 Å². The third-order valence-corrected chi connectivity index (χ3v) is 3.28. The Morgan fingerprint density at radius 3 is 2.21 bits per heavy atom. The highest BCUT2D eigenvalue weighted by atomic mass is 16.5. The summed E-state index contributed by atoms with van der Waals surface area (Å²) in [7, 11) is 0. The molecule has 24 heavy (non-hydrogen) atoms. The van der Waals surface area contributed by atoms with E-state index in [1.54, 1.807) is 24.4 Å². The number of nitrogens with zero attached hydrogens (tertiary/aromatic N) is 1. The lowest BCUT2D eigenvalue weighted by Crippen LogP contribution is -2.18. The number of para-hydroxylation sites is 2. The summed E-state index contributed by atoms with van der Waals surface area (Å²) < 4.78 is 5.78. The van der Waals surface area contributed by atoms with E-state index in [9.17, 15) is 4.79 Å². The zero-order valence-corrected chi connectivity index (χ0v) is 12.9. The Bertz CT molecular complexity index is 831. The maximum absolute atomic E-state index is 12.3. The van der Waals surface area contributed by atoms with Gasteiger partial charge in [0.05, 0.1) is 11.8 Å². The van der Waals surface area contributed by atoms with Crippen LogP contribution >= 0.6 is 0 Å². The highest BCUT2D eigenvalue weighted by Gasteiger charge is 2.11. The Morgan fingerprint density at radius 1 is 0.833 bits per heavy atom. The quantitative estimate of drug-likeness (QED) is 0.565. The zero-order chi connectivity index (χ0) is 16.6. The van der Waals surface area contributed by atoms with Gasteiger partial charge in [0, 0.05) is 0 Å². The van der Waals surface area contributed by atoms with Crippen LogP contribution in [0.3, 0.4) is 0 Å². The van der Waals surface area contributed by atoms with E-state index in [0.29, 0.717) is 17.1 Å². The SMILES string of the molecule is O=C(N/N=C/c1ccccc1)c1ccccc1Oc1ccccc1. The average Bonchev–Trinajstić information content (AvgIpc) is 2.64. The van der Waals surface area contributed by atoms with Crippen molar-refractivity contribution in [2.75, 3.05) is 0 Å². The van der Waals surface area contributed by atoms with Gasteiger partial charge in [0.25, 0.3) is 5.91 Å². The Morgan fingerprint density at radius 2 is 1.46 bits per heavy atom. The molecule has 4 heteroatoms. The molecular formula is C20H16N2O2. The van der Waals surface area contributed by atoms with Gasteiger partial charge in [-0.1, -0.05) is 60.7 Å². The molecule has 0 aliphatic heterocycles. The number of hydrogen-bond donors (Lipinski definition) is 1. The number of carbonyl (C=O) groups excluding carboxylic acids is 1. The highest BCUT2D eigenvalue weighted by molar-refractivity contribution is 5.97. The Balaban J connectivity index is 1.72. The number of amides is 1. The highest BCUT2D eigenvalue weighted by Crippen LogP contribution is 2.24. The van der Waals surface area contributed by atoms with Crippen LogP contribution in [0.1, 0.15) is 15.9 Å². The molecule has 4 nitrogen and oxygen atoms in total. The van der Waals surface area contributed by atoms with E-state index in [1.807, 2.05) is 66.7 Å². The first-order chi connectivity index (χ1) is 11.8. The maximum Gasteiger partial charge on any atom is 0.275 e. The summed E-state index contributed by atoms with van der Waals surface area (Å²) >= 11 is 0. The number of hydrazone groups is 1. The van der Waals surface area contributed by atoms with Crippen LogP contribution in [0.15, 0.2) is 90.0 Å². The molecule has 3 aromatic rings. The van der Waals surface area contributed by atoms with Gasteiger partial charge in [-0.05, 0) is 29.8 Å². The van der Waals surface area contributed by atoms with Gasteiger partial charge < -0.3 is 4.74 Å². The first-order valence-corrected chi connectivity index (χ1v) is 7.53. The normalized spacial score (nSPS) is 10.5. The van der Waals surface area contributed by atoms with Crippen molar-refractivity contribution < 1.29 is 9.53 Å². The molecule has 1 amide bonds. The van der Waals surface area contributed by atoms with Crippen molar-refractivity contribution in [3.05, 3.63) is 96.1 Å². The number of nitrogens with one attached hydrogen (secondary N) is 1. The van der Waals surface area contributed by atoms with Crippen molar-refractivity contribution in [2.24, 2.45) is 5.10 Å². The molecule has 0 radical (unpaired) electrons. The molecule has 0 fully saturated rings. The predicted octanol–water partition coefficient (Wildman–Crippen LogP) is 4.24. The van der Waals surface area contributed by atoms with Gasteiger partial charge in [-0.2, -0.15) is 5.10 Å². The molecular weight excluding hydrogens is 300 g/mol. The fourth-order valence-corrected chi connectivity index (χ4v) is 2.12. The van der Waals surface area contributed by atoms with E-state index in [2.05, 4.69) is 10.5 Å². The van der Waals surface area contributed by atoms with Crippen molar-refractivity contribution in [1.29, 1.82) is 0 Å². The first kappa shape index (κ1) is 15.5. The average molecular weight is 316 g/mol. The van der Waals surface area contributed by atoms with Crippen LogP contribution in [0.2, 0.25) is 0 Å². The maximum atomic E-state index is 12.3. The van der Waals surface area contributed by atoms with Gasteiger partial charge in [-0.25, -0.2) is 5.43 Å². The second-order valence-electron chi connectivity index (χ2n) is 5.02. The number of carbonyl (C=O) groups is 1. The first-order valence-electron chi connectivity index (χ1n) is 7.53. The van der Waals surface area contributed by atoms with E-state index in [-0.39, 0.29) is 5.91 Å². The molecule has 3 aromatic carbocycles. The molecule has 0 bridgehead atoms. The summed E-state index contributed by atoms with van der Waals surface area (Å²) in [6.45, 7) is 0. The molecule has 0 heterocycles. The molecule has 0 saturated carbocycles. The number of benzene rings is 3. The monoisotopic (exact) mass is 316 g/mol. The minimum absolute atomic E-state index is 0.325. The molecule has 0 unspecified atom stereocenters. The predicted molar refractivity (Wildman–Crippen MR) is 94.5 cm³/mol. The lowest BCUT2D eigenvalue weighted by atomic mass is 10.2. The largest absolute Gasteiger partial charge is 0.457 e. The Hall–Kier alpha value is -3.40. The van der Waals surface area contributed by atoms with Gasteiger partial charge in [-0.15, -0.1) is 0 Å². The number of ether oxygens (including phenoxy) is 1. The fourth-order valence-electron chi connectivity index (χ4n) is 2.12. The van der Waals surface area contributed by atoms with E-state index in [0.717, 1.165) is 5.56 Å². The van der Waals surface area contributed by atoms with Crippen molar-refractivity contribution in [3.63, 3.8) is 0 Å². The van der Waals surface area contributed by atoms with Crippen LogP contribution in [0.5, 0.6) is 11.5 Å². The van der Waals surface area contributed by atoms with Crippen molar-refractivity contribution in [2.45, 2.75) is 0 Å². The second kappa shape index (κ2) is 7.74. The fraction of sp³-hybridized carbons (Fsp3) is 0. The topological polar surface area (TPSA) is 50.7 Å².